The van der Waals surface area contributed by atoms with E-state index < -0.39 is 12.1 Å². The zero-order valence-corrected chi connectivity index (χ0v) is 13.1. The minimum Gasteiger partial charge on any atom is -0.497 e. The van der Waals surface area contributed by atoms with Crippen LogP contribution in [-0.2, 0) is 14.3 Å². The summed E-state index contributed by atoms with van der Waals surface area (Å²) in [5.74, 6) is 0.235. The second kappa shape index (κ2) is 6.58. The topological polar surface area (TPSA) is 76.1 Å². The van der Waals surface area contributed by atoms with Gasteiger partial charge in [0.05, 0.1) is 26.2 Å². The van der Waals surface area contributed by atoms with Crippen LogP contribution in [0.5, 0.6) is 5.75 Å². The third kappa shape index (κ3) is 3.64. The summed E-state index contributed by atoms with van der Waals surface area (Å²) in [6.45, 7) is 1.31. The maximum absolute atomic E-state index is 12.6. The molecule has 0 bridgehead atoms. The first-order chi connectivity index (χ1) is 11.1. The highest BCUT2D eigenvalue weighted by Crippen LogP contribution is 2.49. The van der Waals surface area contributed by atoms with Crippen molar-refractivity contribution in [1.29, 1.82) is 0 Å². The Kier molecular flexibility index (Phi) is 4.52. The summed E-state index contributed by atoms with van der Waals surface area (Å²) < 4.78 is 10.6. The lowest BCUT2D eigenvalue weighted by molar-refractivity contribution is -0.148. The van der Waals surface area contributed by atoms with Crippen LogP contribution in [0.4, 0.5) is 0 Å². The maximum Gasteiger partial charge on any atom is 0.306 e. The fraction of sp³-hybridized carbons (Fsp3) is 0.529. The second-order valence-electron chi connectivity index (χ2n) is 6.10. The van der Waals surface area contributed by atoms with Crippen molar-refractivity contribution in [3.05, 3.63) is 29.8 Å². The number of carbonyl (C=O) groups excluding carboxylic acids is 1. The summed E-state index contributed by atoms with van der Waals surface area (Å²) in [7, 11) is 1.63. The number of nitrogens with zero attached hydrogens (tertiary/aromatic N) is 1. The first-order valence-corrected chi connectivity index (χ1v) is 7.84. The minimum atomic E-state index is -0.898. The summed E-state index contributed by atoms with van der Waals surface area (Å²) in [6.07, 6.45) is 0.375. The Morgan fingerprint density at radius 3 is 3.00 bits per heavy atom. The molecule has 1 aliphatic heterocycles. The van der Waals surface area contributed by atoms with Gasteiger partial charge in [0.1, 0.15) is 5.75 Å². The van der Waals surface area contributed by atoms with Crippen LogP contribution in [0.1, 0.15) is 24.3 Å². The number of amides is 1. The molecule has 1 saturated carbocycles. The van der Waals surface area contributed by atoms with Crippen LogP contribution in [0, 0.1) is 5.92 Å². The van der Waals surface area contributed by atoms with Crippen molar-refractivity contribution >= 4 is 11.9 Å². The number of aliphatic carboxylic acids is 1. The van der Waals surface area contributed by atoms with E-state index in [2.05, 4.69) is 0 Å². The second-order valence-corrected chi connectivity index (χ2v) is 6.10. The molecule has 1 aromatic carbocycles. The molecule has 23 heavy (non-hydrogen) atoms. The van der Waals surface area contributed by atoms with Gasteiger partial charge in [0, 0.05) is 19.0 Å². The molecule has 0 unspecified atom stereocenters. The van der Waals surface area contributed by atoms with Crippen molar-refractivity contribution in [2.45, 2.75) is 24.9 Å². The molecule has 1 heterocycles. The molecule has 2 aliphatic rings. The quantitative estimate of drug-likeness (QED) is 0.890. The van der Waals surface area contributed by atoms with Crippen molar-refractivity contribution in [2.24, 2.45) is 5.92 Å². The van der Waals surface area contributed by atoms with Gasteiger partial charge < -0.3 is 19.5 Å². The minimum absolute atomic E-state index is 0.00863. The molecule has 1 amide bonds. The molecule has 3 rings (SSSR count). The van der Waals surface area contributed by atoms with Crippen molar-refractivity contribution in [1.82, 2.24) is 4.90 Å². The molecule has 0 aromatic heterocycles. The Labute approximate surface area is 135 Å². The first kappa shape index (κ1) is 15.8. The molecule has 2 fully saturated rings. The Bertz CT molecular complexity index is 602. The predicted molar refractivity (Wildman–Crippen MR) is 82.4 cm³/mol. The molecular weight excluding hydrogens is 298 g/mol. The number of methoxy groups -OCH3 is 1. The lowest BCUT2D eigenvalue weighted by Crippen LogP contribution is -2.47. The summed E-state index contributed by atoms with van der Waals surface area (Å²) in [4.78, 5) is 25.2. The molecule has 124 valence electrons. The molecule has 1 aliphatic carbocycles. The highest BCUT2D eigenvalue weighted by molar-refractivity contribution is 5.83. The number of hydrogen-bond acceptors (Lipinski definition) is 4. The largest absolute Gasteiger partial charge is 0.497 e. The zero-order chi connectivity index (χ0) is 16.4. The van der Waals surface area contributed by atoms with Crippen LogP contribution >= 0.6 is 0 Å². The van der Waals surface area contributed by atoms with Gasteiger partial charge in [-0.25, -0.2) is 0 Å². The smallest absolute Gasteiger partial charge is 0.306 e. The third-order valence-electron chi connectivity index (χ3n) is 4.48. The molecule has 3 atom stereocenters. The standard InChI is InChI=1S/C17H21NO5/c1-22-12-4-2-3-11(7-12)14-9-15(14)17(21)18-5-6-23-13(10-18)8-16(19)20/h2-4,7,13-15H,5-6,8-10H2,1H3,(H,19,20)/t13-,14-,15-/m0/s1. The van der Waals surface area contributed by atoms with Crippen molar-refractivity contribution < 1.29 is 24.2 Å². The fourth-order valence-electron chi connectivity index (χ4n) is 3.18. The number of carboxylic acids is 1. The van der Waals surface area contributed by atoms with E-state index in [9.17, 15) is 9.59 Å². The van der Waals surface area contributed by atoms with E-state index >= 15 is 0 Å². The summed E-state index contributed by atoms with van der Waals surface area (Å²) in [6, 6.07) is 7.82. The van der Waals surface area contributed by atoms with Crippen molar-refractivity contribution in [3.63, 3.8) is 0 Å². The zero-order valence-electron chi connectivity index (χ0n) is 13.1. The van der Waals surface area contributed by atoms with Gasteiger partial charge in [0.25, 0.3) is 0 Å². The normalized spacial score (nSPS) is 26.7. The average molecular weight is 319 g/mol. The number of ether oxygens (including phenoxy) is 2. The highest BCUT2D eigenvalue weighted by Gasteiger charge is 2.46. The molecule has 6 nitrogen and oxygen atoms in total. The van der Waals surface area contributed by atoms with E-state index in [1.54, 1.807) is 12.0 Å². The van der Waals surface area contributed by atoms with E-state index in [0.717, 1.165) is 17.7 Å². The van der Waals surface area contributed by atoms with Crippen LogP contribution in [0.25, 0.3) is 0 Å². The van der Waals surface area contributed by atoms with Gasteiger partial charge >= 0.3 is 5.97 Å². The number of carboxylic acid groups (broad SMARTS) is 1. The number of hydrogen-bond donors (Lipinski definition) is 1. The molecule has 0 radical (unpaired) electrons. The van der Waals surface area contributed by atoms with Gasteiger partial charge in [-0.3, -0.25) is 9.59 Å². The van der Waals surface area contributed by atoms with E-state index in [4.69, 9.17) is 14.6 Å². The molecule has 1 saturated heterocycles. The van der Waals surface area contributed by atoms with Gasteiger partial charge in [0.15, 0.2) is 0 Å². The van der Waals surface area contributed by atoms with Gasteiger partial charge in [0.2, 0.25) is 5.91 Å². The van der Waals surface area contributed by atoms with E-state index in [1.807, 2.05) is 24.3 Å². The maximum atomic E-state index is 12.6. The number of carbonyl (C=O) groups is 2. The summed E-state index contributed by atoms with van der Waals surface area (Å²) in [5, 5.41) is 8.86. The van der Waals surface area contributed by atoms with E-state index in [1.165, 1.54) is 0 Å². The number of rotatable bonds is 5. The lowest BCUT2D eigenvalue weighted by Gasteiger charge is -2.32. The highest BCUT2D eigenvalue weighted by atomic mass is 16.5. The first-order valence-electron chi connectivity index (χ1n) is 7.84. The summed E-state index contributed by atoms with van der Waals surface area (Å²) >= 11 is 0. The van der Waals surface area contributed by atoms with Crippen LogP contribution in [0.3, 0.4) is 0 Å². The van der Waals surface area contributed by atoms with Gasteiger partial charge in [-0.15, -0.1) is 0 Å². The van der Waals surface area contributed by atoms with Crippen molar-refractivity contribution in [2.75, 3.05) is 26.8 Å². The van der Waals surface area contributed by atoms with Gasteiger partial charge in [-0.1, -0.05) is 12.1 Å². The average Bonchev–Trinajstić information content (AvgIpc) is 3.34. The summed E-state index contributed by atoms with van der Waals surface area (Å²) in [5.41, 5.74) is 1.12. The van der Waals surface area contributed by atoms with E-state index in [0.29, 0.717) is 19.7 Å². The van der Waals surface area contributed by atoms with Crippen LogP contribution in [-0.4, -0.2) is 54.8 Å². The van der Waals surface area contributed by atoms with E-state index in [-0.39, 0.29) is 24.2 Å². The molecule has 0 spiro atoms. The van der Waals surface area contributed by atoms with Crippen LogP contribution in [0.2, 0.25) is 0 Å². The monoisotopic (exact) mass is 319 g/mol. The Morgan fingerprint density at radius 2 is 2.26 bits per heavy atom. The SMILES string of the molecule is COc1cccc([C@@H]2C[C@@H]2C(=O)N2CCO[C@@H](CC(=O)O)C2)c1. The van der Waals surface area contributed by atoms with Crippen molar-refractivity contribution in [3.8, 4) is 5.75 Å². The predicted octanol–water partition coefficient (Wildman–Crippen LogP) is 1.50. The number of benzene rings is 1. The molecular formula is C17H21NO5. The number of morpholine rings is 1. The fourth-order valence-corrected chi connectivity index (χ4v) is 3.18. The Hall–Kier alpha value is -2.08. The Morgan fingerprint density at radius 1 is 1.43 bits per heavy atom. The third-order valence-corrected chi connectivity index (χ3v) is 4.48. The lowest BCUT2D eigenvalue weighted by atomic mass is 10.1. The van der Waals surface area contributed by atoms with Crippen LogP contribution in [0.15, 0.2) is 24.3 Å². The molecule has 1 aromatic rings. The van der Waals surface area contributed by atoms with Gasteiger partial charge in [-0.05, 0) is 30.0 Å². The molecule has 1 N–H and O–H groups in total. The van der Waals surface area contributed by atoms with Crippen LogP contribution < -0.4 is 4.74 Å². The van der Waals surface area contributed by atoms with Gasteiger partial charge in [-0.2, -0.15) is 0 Å². The molecule has 6 heteroatoms. The Balaban J connectivity index is 1.60.